The van der Waals surface area contributed by atoms with E-state index in [0.717, 1.165) is 44.4 Å². The smallest absolute Gasteiger partial charge is 0.179 e. The van der Waals surface area contributed by atoms with Gasteiger partial charge in [0.1, 0.15) is 0 Å². The summed E-state index contributed by atoms with van der Waals surface area (Å²) in [5.41, 5.74) is 1.07. The average molecular weight is 341 g/mol. The van der Waals surface area contributed by atoms with Crippen molar-refractivity contribution >= 4 is 11.6 Å². The normalized spacial score (nSPS) is 22.1. The van der Waals surface area contributed by atoms with E-state index in [0.29, 0.717) is 16.5 Å². The zero-order valence-corrected chi connectivity index (χ0v) is 14.6. The van der Waals surface area contributed by atoms with E-state index in [1.165, 1.54) is 12.8 Å². The fraction of sp³-hybridized carbons (Fsp3) is 0.647. The second-order valence-corrected chi connectivity index (χ2v) is 6.57. The van der Waals surface area contributed by atoms with Gasteiger partial charge in [0.15, 0.2) is 11.5 Å². The van der Waals surface area contributed by atoms with Crippen molar-refractivity contribution in [3.63, 3.8) is 0 Å². The van der Waals surface area contributed by atoms with Gasteiger partial charge in [0.2, 0.25) is 0 Å². The zero-order chi connectivity index (χ0) is 16.2. The molecule has 0 bridgehead atoms. The molecule has 1 aromatic carbocycles. The third kappa shape index (κ3) is 4.29. The van der Waals surface area contributed by atoms with E-state index < -0.39 is 0 Å². The van der Waals surface area contributed by atoms with Gasteiger partial charge in [-0.2, -0.15) is 0 Å². The summed E-state index contributed by atoms with van der Waals surface area (Å²) in [6.07, 6.45) is 2.97. The lowest BCUT2D eigenvalue weighted by Gasteiger charge is -2.33. The molecule has 1 aliphatic heterocycles. The number of ether oxygens (including phenoxy) is 3. The Morgan fingerprint density at radius 2 is 2.13 bits per heavy atom. The van der Waals surface area contributed by atoms with E-state index >= 15 is 0 Å². The van der Waals surface area contributed by atoms with Crippen molar-refractivity contribution in [2.75, 3.05) is 40.5 Å². The fourth-order valence-corrected chi connectivity index (χ4v) is 3.40. The van der Waals surface area contributed by atoms with Gasteiger partial charge in [0, 0.05) is 32.2 Å². The van der Waals surface area contributed by atoms with Crippen LogP contribution in [0.3, 0.4) is 0 Å². The summed E-state index contributed by atoms with van der Waals surface area (Å²) in [4.78, 5) is 2.56. The third-order valence-electron chi connectivity index (χ3n) is 4.43. The molecule has 1 aliphatic carbocycles. The number of halogens is 1. The Labute approximate surface area is 142 Å². The van der Waals surface area contributed by atoms with Crippen LogP contribution in [0, 0.1) is 0 Å². The van der Waals surface area contributed by atoms with Crippen LogP contribution in [0.4, 0.5) is 0 Å². The average Bonchev–Trinajstić information content (AvgIpc) is 3.39. The highest BCUT2D eigenvalue weighted by atomic mass is 35.5. The maximum absolute atomic E-state index is 6.24. The second-order valence-electron chi connectivity index (χ2n) is 6.16. The van der Waals surface area contributed by atoms with Gasteiger partial charge >= 0.3 is 0 Å². The van der Waals surface area contributed by atoms with Crippen LogP contribution in [0.15, 0.2) is 12.1 Å². The first-order chi connectivity index (χ1) is 11.2. The molecule has 0 amide bonds. The monoisotopic (exact) mass is 340 g/mol. The number of nitrogens with one attached hydrogen (secondary N) is 1. The van der Waals surface area contributed by atoms with Crippen molar-refractivity contribution in [2.45, 2.75) is 31.5 Å². The maximum Gasteiger partial charge on any atom is 0.179 e. The number of morpholine rings is 1. The van der Waals surface area contributed by atoms with E-state index in [2.05, 4.69) is 10.2 Å². The molecule has 1 saturated heterocycles. The van der Waals surface area contributed by atoms with Gasteiger partial charge in [-0.15, -0.1) is 0 Å². The van der Waals surface area contributed by atoms with Crippen molar-refractivity contribution in [1.29, 1.82) is 0 Å². The van der Waals surface area contributed by atoms with Crippen LogP contribution in [0.2, 0.25) is 5.02 Å². The minimum atomic E-state index is 0.264. The Kier molecular flexibility index (Phi) is 5.64. The largest absolute Gasteiger partial charge is 0.493 e. The van der Waals surface area contributed by atoms with Crippen LogP contribution in [-0.2, 0) is 11.3 Å². The van der Waals surface area contributed by atoms with Crippen LogP contribution in [0.25, 0.3) is 0 Å². The van der Waals surface area contributed by atoms with E-state index in [1.54, 1.807) is 14.2 Å². The number of benzene rings is 1. The summed E-state index contributed by atoms with van der Waals surface area (Å²) in [6.45, 7) is 4.51. The molecule has 0 spiro atoms. The standard InChI is InChI=1S/C17H25ClN2O3/c1-21-16-8-12(7-15(18)17(16)22-2)9-19-10-14-11-20(5-6-23-14)13-3-4-13/h7-8,13-14,19H,3-6,9-11H2,1-2H3/t14-/m1/s1. The first-order valence-electron chi connectivity index (χ1n) is 8.18. The van der Waals surface area contributed by atoms with Gasteiger partial charge in [0.05, 0.1) is 32.0 Å². The second kappa shape index (κ2) is 7.71. The molecular formula is C17H25ClN2O3. The van der Waals surface area contributed by atoms with Crippen molar-refractivity contribution < 1.29 is 14.2 Å². The highest BCUT2D eigenvalue weighted by molar-refractivity contribution is 6.32. The van der Waals surface area contributed by atoms with Crippen LogP contribution >= 0.6 is 11.6 Å². The molecule has 3 rings (SSSR count). The van der Waals surface area contributed by atoms with Gasteiger partial charge in [-0.1, -0.05) is 11.6 Å². The van der Waals surface area contributed by atoms with Crippen molar-refractivity contribution in [3.05, 3.63) is 22.7 Å². The number of methoxy groups -OCH3 is 2. The highest BCUT2D eigenvalue weighted by Gasteiger charge is 2.32. The minimum absolute atomic E-state index is 0.264. The zero-order valence-electron chi connectivity index (χ0n) is 13.8. The fourth-order valence-electron chi connectivity index (χ4n) is 3.09. The summed E-state index contributed by atoms with van der Waals surface area (Å²) in [7, 11) is 3.21. The van der Waals surface area contributed by atoms with Gasteiger partial charge in [-0.3, -0.25) is 4.90 Å². The Morgan fingerprint density at radius 1 is 1.30 bits per heavy atom. The lowest BCUT2D eigenvalue weighted by molar-refractivity contribution is -0.0301. The Hall–Kier alpha value is -1.01. The van der Waals surface area contributed by atoms with Crippen LogP contribution in [-0.4, -0.2) is 57.5 Å². The van der Waals surface area contributed by atoms with Gasteiger partial charge in [0.25, 0.3) is 0 Å². The highest BCUT2D eigenvalue weighted by Crippen LogP contribution is 2.36. The SMILES string of the molecule is COc1cc(CNC[C@@H]2CN(C3CC3)CCO2)cc(Cl)c1OC. The van der Waals surface area contributed by atoms with Gasteiger partial charge in [-0.25, -0.2) is 0 Å². The molecule has 0 unspecified atom stereocenters. The molecule has 0 radical (unpaired) electrons. The summed E-state index contributed by atoms with van der Waals surface area (Å²) < 4.78 is 16.4. The predicted molar refractivity (Wildman–Crippen MR) is 90.6 cm³/mol. The molecule has 6 heteroatoms. The third-order valence-corrected chi connectivity index (χ3v) is 4.71. The van der Waals surface area contributed by atoms with Crippen LogP contribution in [0.5, 0.6) is 11.5 Å². The summed E-state index contributed by atoms with van der Waals surface area (Å²) in [5, 5.41) is 4.03. The van der Waals surface area contributed by atoms with E-state index in [-0.39, 0.29) is 6.10 Å². The minimum Gasteiger partial charge on any atom is -0.493 e. The summed E-state index contributed by atoms with van der Waals surface area (Å²) in [5.74, 6) is 1.24. The molecule has 23 heavy (non-hydrogen) atoms. The van der Waals surface area contributed by atoms with Crippen LogP contribution in [0.1, 0.15) is 18.4 Å². The molecule has 2 aliphatic rings. The molecule has 1 saturated carbocycles. The Bertz CT molecular complexity index is 537. The number of hydrogen-bond donors (Lipinski definition) is 1. The lowest BCUT2D eigenvalue weighted by Crippen LogP contribution is -2.47. The van der Waals surface area contributed by atoms with E-state index in [9.17, 15) is 0 Å². The molecule has 128 valence electrons. The number of rotatable bonds is 7. The molecule has 1 heterocycles. The molecule has 1 aromatic rings. The number of hydrogen-bond acceptors (Lipinski definition) is 5. The Morgan fingerprint density at radius 3 is 2.83 bits per heavy atom. The summed E-state index contributed by atoms with van der Waals surface area (Å²) >= 11 is 6.24. The first-order valence-corrected chi connectivity index (χ1v) is 8.56. The van der Waals surface area contributed by atoms with Crippen molar-refractivity contribution in [3.8, 4) is 11.5 Å². The lowest BCUT2D eigenvalue weighted by atomic mass is 10.2. The van der Waals surface area contributed by atoms with Crippen molar-refractivity contribution in [2.24, 2.45) is 0 Å². The quantitative estimate of drug-likeness (QED) is 0.825. The Balaban J connectivity index is 1.51. The molecule has 5 nitrogen and oxygen atoms in total. The molecule has 0 aromatic heterocycles. The predicted octanol–water partition coefficient (Wildman–Crippen LogP) is 2.31. The van der Waals surface area contributed by atoms with E-state index in [4.69, 9.17) is 25.8 Å². The summed E-state index contributed by atoms with van der Waals surface area (Å²) in [6, 6.07) is 4.68. The topological polar surface area (TPSA) is 43.0 Å². The first kappa shape index (κ1) is 16.8. The molecule has 1 atom stereocenters. The molecule has 1 N–H and O–H groups in total. The maximum atomic E-state index is 6.24. The van der Waals surface area contributed by atoms with Crippen LogP contribution < -0.4 is 14.8 Å². The molecular weight excluding hydrogens is 316 g/mol. The van der Waals surface area contributed by atoms with E-state index in [1.807, 2.05) is 12.1 Å². The molecule has 2 fully saturated rings. The van der Waals surface area contributed by atoms with Gasteiger partial charge in [-0.05, 0) is 30.5 Å². The van der Waals surface area contributed by atoms with Crippen molar-refractivity contribution in [1.82, 2.24) is 10.2 Å². The number of nitrogens with zero attached hydrogens (tertiary/aromatic N) is 1. The van der Waals surface area contributed by atoms with Gasteiger partial charge < -0.3 is 19.5 Å².